The highest BCUT2D eigenvalue weighted by Crippen LogP contribution is 2.47. The summed E-state index contributed by atoms with van der Waals surface area (Å²) in [6, 6.07) is 1.95. The molecular formula is C22H30ClN7S. The first-order valence-electron chi connectivity index (χ1n) is 10.6. The monoisotopic (exact) mass is 459 g/mol. The van der Waals surface area contributed by atoms with Crippen LogP contribution in [0.3, 0.4) is 0 Å². The van der Waals surface area contributed by atoms with E-state index in [1.165, 1.54) is 17.3 Å². The molecule has 2 aromatic rings. The third-order valence-corrected chi connectivity index (χ3v) is 8.18. The largest absolute Gasteiger partial charge is 0.382 e. The van der Waals surface area contributed by atoms with Gasteiger partial charge in [0.15, 0.2) is 11.6 Å². The predicted molar refractivity (Wildman–Crippen MR) is 128 cm³/mol. The zero-order valence-corrected chi connectivity index (χ0v) is 19.8. The lowest BCUT2D eigenvalue weighted by molar-refractivity contribution is 0.201. The van der Waals surface area contributed by atoms with E-state index in [-0.39, 0.29) is 17.3 Å². The van der Waals surface area contributed by atoms with Crippen LogP contribution in [-0.4, -0.2) is 34.1 Å². The van der Waals surface area contributed by atoms with E-state index in [4.69, 9.17) is 38.8 Å². The van der Waals surface area contributed by atoms with Crippen molar-refractivity contribution >= 4 is 40.8 Å². The number of nitrogens with zero attached hydrogens (tertiary/aromatic N) is 4. The van der Waals surface area contributed by atoms with Gasteiger partial charge in [-0.3, -0.25) is 0 Å². The Bertz CT molecular complexity index is 1020. The van der Waals surface area contributed by atoms with E-state index >= 15 is 0 Å². The van der Waals surface area contributed by atoms with Crippen molar-refractivity contribution in [2.24, 2.45) is 17.1 Å². The van der Waals surface area contributed by atoms with Gasteiger partial charge in [-0.15, -0.1) is 0 Å². The summed E-state index contributed by atoms with van der Waals surface area (Å²) in [6.45, 7) is 8.24. The maximum Gasteiger partial charge on any atom is 0.158 e. The Balaban J connectivity index is 1.49. The van der Waals surface area contributed by atoms with Gasteiger partial charge in [-0.25, -0.2) is 15.0 Å². The Hall–Kier alpha value is -2.03. The molecule has 3 heterocycles. The first-order valence-corrected chi connectivity index (χ1v) is 11.8. The molecule has 0 aromatic carbocycles. The molecule has 9 heteroatoms. The van der Waals surface area contributed by atoms with Gasteiger partial charge in [0, 0.05) is 30.2 Å². The van der Waals surface area contributed by atoms with Crippen LogP contribution in [0.1, 0.15) is 38.8 Å². The van der Waals surface area contributed by atoms with Gasteiger partial charge in [-0.2, -0.15) is 0 Å². The second kappa shape index (κ2) is 8.48. The molecule has 2 aliphatic rings. The summed E-state index contributed by atoms with van der Waals surface area (Å²) in [5, 5.41) is 1.02. The van der Waals surface area contributed by atoms with Gasteiger partial charge in [0.1, 0.15) is 10.8 Å². The average molecular weight is 460 g/mol. The van der Waals surface area contributed by atoms with Gasteiger partial charge >= 0.3 is 0 Å². The van der Waals surface area contributed by atoms with E-state index < -0.39 is 0 Å². The van der Waals surface area contributed by atoms with Crippen molar-refractivity contribution in [1.82, 2.24) is 15.0 Å². The van der Waals surface area contributed by atoms with Gasteiger partial charge in [0.2, 0.25) is 0 Å². The third-order valence-electron chi connectivity index (χ3n) is 6.61. The summed E-state index contributed by atoms with van der Waals surface area (Å²) in [4.78, 5) is 16.5. The van der Waals surface area contributed by atoms with Crippen molar-refractivity contribution in [2.45, 2.75) is 56.0 Å². The van der Waals surface area contributed by atoms with Crippen LogP contribution in [0.15, 0.2) is 33.8 Å². The molecule has 1 spiro atoms. The zero-order valence-electron chi connectivity index (χ0n) is 18.2. The number of aryl methyl sites for hydroxylation is 1. The summed E-state index contributed by atoms with van der Waals surface area (Å²) in [5.74, 6) is 2.03. The number of rotatable bonds is 4. The summed E-state index contributed by atoms with van der Waals surface area (Å²) in [6.07, 6.45) is 7.16. The fourth-order valence-corrected chi connectivity index (χ4v) is 5.80. The molecule has 2 aromatic heterocycles. The normalized spacial score (nSPS) is 20.5. The Morgan fingerprint density at radius 2 is 1.90 bits per heavy atom. The second-order valence-electron chi connectivity index (χ2n) is 8.82. The lowest BCUT2D eigenvalue weighted by Gasteiger charge is -2.43. The Labute approximate surface area is 192 Å². The van der Waals surface area contributed by atoms with Gasteiger partial charge in [0.25, 0.3) is 0 Å². The summed E-state index contributed by atoms with van der Waals surface area (Å²) < 4.78 is 0. The topological polar surface area (TPSA) is 120 Å². The summed E-state index contributed by atoms with van der Waals surface area (Å²) in [5.41, 5.74) is 21.2. The van der Waals surface area contributed by atoms with Crippen molar-refractivity contribution in [3.8, 4) is 0 Å². The lowest BCUT2D eigenvalue weighted by Crippen LogP contribution is -2.49. The lowest BCUT2D eigenvalue weighted by atomic mass is 9.71. The van der Waals surface area contributed by atoms with Crippen LogP contribution < -0.4 is 22.1 Å². The van der Waals surface area contributed by atoms with E-state index in [1.54, 1.807) is 12.3 Å². The van der Waals surface area contributed by atoms with Crippen LogP contribution >= 0.6 is 23.4 Å². The molecule has 1 atom stereocenters. The number of nitrogens with two attached hydrogens (primary N) is 3. The van der Waals surface area contributed by atoms with E-state index in [0.29, 0.717) is 21.8 Å². The number of nitrogen functional groups attached to an aromatic ring is 2. The first kappa shape index (κ1) is 22.2. The molecule has 31 heavy (non-hydrogen) atoms. The van der Waals surface area contributed by atoms with Gasteiger partial charge in [-0.05, 0) is 43.6 Å². The zero-order chi connectivity index (χ0) is 22.3. The van der Waals surface area contributed by atoms with Crippen LogP contribution in [0.5, 0.6) is 0 Å². The van der Waals surface area contributed by atoms with Crippen LogP contribution in [0.4, 0.5) is 17.5 Å². The van der Waals surface area contributed by atoms with E-state index in [0.717, 1.165) is 48.8 Å². The molecule has 4 rings (SSSR count). The van der Waals surface area contributed by atoms with Crippen molar-refractivity contribution < 1.29 is 0 Å². The molecule has 0 unspecified atom stereocenters. The first-order chi connectivity index (χ1) is 14.7. The molecule has 0 amide bonds. The average Bonchev–Trinajstić information content (AvgIpc) is 3.05. The summed E-state index contributed by atoms with van der Waals surface area (Å²) in [7, 11) is 0. The number of allylic oxidation sites excluding steroid dienone is 1. The van der Waals surface area contributed by atoms with E-state index in [9.17, 15) is 0 Å². The van der Waals surface area contributed by atoms with Crippen molar-refractivity contribution in [1.29, 1.82) is 0 Å². The van der Waals surface area contributed by atoms with Crippen LogP contribution in [0.2, 0.25) is 5.02 Å². The number of halogens is 1. The molecule has 6 N–H and O–H groups in total. The van der Waals surface area contributed by atoms with Crippen LogP contribution in [0.25, 0.3) is 0 Å². The molecule has 7 nitrogen and oxygen atoms in total. The van der Waals surface area contributed by atoms with Crippen molar-refractivity contribution in [2.75, 3.05) is 29.5 Å². The number of anilines is 3. The number of hydrogen-bond acceptors (Lipinski definition) is 8. The third kappa shape index (κ3) is 4.08. The Morgan fingerprint density at radius 3 is 2.55 bits per heavy atom. The van der Waals surface area contributed by atoms with E-state index in [1.807, 2.05) is 6.92 Å². The fraction of sp³-hybridized carbons (Fsp3) is 0.500. The molecular weight excluding hydrogens is 430 g/mol. The summed E-state index contributed by atoms with van der Waals surface area (Å²) >= 11 is 7.62. The fourth-order valence-electron chi connectivity index (χ4n) is 4.70. The molecule has 1 aliphatic carbocycles. The second-order valence-corrected chi connectivity index (χ2v) is 10.2. The quantitative estimate of drug-likeness (QED) is 0.585. The SMILES string of the molecule is Cc1nc(Sc2ccnc(N)c2Cl)c(N)nc1N1CCC2(CC=C(C(C)C)[C@H]2N)CC1. The Morgan fingerprint density at radius 1 is 1.19 bits per heavy atom. The van der Waals surface area contributed by atoms with Gasteiger partial charge in [-0.1, -0.05) is 48.9 Å². The minimum atomic E-state index is 0.156. The number of aromatic nitrogens is 3. The maximum atomic E-state index is 6.68. The van der Waals surface area contributed by atoms with Crippen LogP contribution in [-0.2, 0) is 0 Å². The van der Waals surface area contributed by atoms with Gasteiger partial charge in [0.05, 0.1) is 10.7 Å². The highest BCUT2D eigenvalue weighted by molar-refractivity contribution is 7.99. The molecule has 0 radical (unpaired) electrons. The number of hydrogen-bond donors (Lipinski definition) is 3. The number of piperidine rings is 1. The highest BCUT2D eigenvalue weighted by atomic mass is 35.5. The molecule has 0 bridgehead atoms. The standard InChI is InChI=1S/C22H30ClN7S/c1-12(2)14-4-6-22(17(14)24)7-10-30(11-8-22)20-13(3)28-21(19(26)29-20)31-15-5-9-27-18(25)16(15)23/h4-5,9,12,17H,6-8,10-11,24H2,1-3H3,(H2,25,27)(H2,26,29)/t17-/m1/s1. The van der Waals surface area contributed by atoms with Crippen molar-refractivity contribution in [3.05, 3.63) is 34.6 Å². The predicted octanol–water partition coefficient (Wildman–Crippen LogP) is 4.05. The molecule has 1 saturated heterocycles. The minimum absolute atomic E-state index is 0.156. The number of pyridine rings is 1. The smallest absolute Gasteiger partial charge is 0.158 e. The minimum Gasteiger partial charge on any atom is -0.382 e. The molecule has 1 aliphatic heterocycles. The highest BCUT2D eigenvalue weighted by Gasteiger charge is 2.44. The molecule has 1 fully saturated rings. The molecule has 0 saturated carbocycles. The Kier molecular flexibility index (Phi) is 6.07. The van der Waals surface area contributed by atoms with E-state index in [2.05, 4.69) is 29.8 Å². The maximum absolute atomic E-state index is 6.68. The molecule has 166 valence electrons. The van der Waals surface area contributed by atoms with Crippen molar-refractivity contribution in [3.63, 3.8) is 0 Å². The van der Waals surface area contributed by atoms with Crippen LogP contribution in [0, 0.1) is 18.3 Å². The van der Waals surface area contributed by atoms with Gasteiger partial charge < -0.3 is 22.1 Å².